The van der Waals surface area contributed by atoms with Crippen molar-refractivity contribution in [3.63, 3.8) is 0 Å². The van der Waals surface area contributed by atoms with Gasteiger partial charge in [0.15, 0.2) is 8.32 Å². The van der Waals surface area contributed by atoms with E-state index in [1.54, 1.807) is 0 Å². The van der Waals surface area contributed by atoms with Gasteiger partial charge < -0.3 is 4.43 Å². The van der Waals surface area contributed by atoms with Crippen LogP contribution in [0.1, 0.15) is 52.9 Å². The smallest absolute Gasteiger partial charge is 0.192 e. The maximum Gasteiger partial charge on any atom is 0.192 e. The predicted molar refractivity (Wildman–Crippen MR) is 91.8 cm³/mol. The minimum Gasteiger partial charge on any atom is -0.410 e. The van der Waals surface area contributed by atoms with Gasteiger partial charge in [-0.25, -0.2) is 0 Å². The second-order valence-corrected chi connectivity index (χ2v) is 12.5. The van der Waals surface area contributed by atoms with E-state index in [9.17, 15) is 0 Å². The van der Waals surface area contributed by atoms with Crippen LogP contribution in [0.15, 0.2) is 10.2 Å². The molecule has 1 nitrogen and oxygen atoms in total. The van der Waals surface area contributed by atoms with E-state index in [2.05, 4.69) is 66.6 Å². The third-order valence-corrected chi connectivity index (χ3v) is 9.50. The highest BCUT2D eigenvalue weighted by atomic mass is 127. The summed E-state index contributed by atoms with van der Waals surface area (Å²) in [6.45, 7) is 11.7. The highest BCUT2D eigenvalue weighted by molar-refractivity contribution is 14.1. The minimum atomic E-state index is -1.64. The molecule has 0 aromatic rings. The first-order valence-electron chi connectivity index (χ1n) is 7.22. The molecule has 0 aromatic carbocycles. The molecule has 0 amide bonds. The van der Waals surface area contributed by atoms with Crippen LogP contribution in [0.3, 0.4) is 0 Å². The number of hydrogen-bond acceptors (Lipinski definition) is 1. The van der Waals surface area contributed by atoms with Gasteiger partial charge in [-0.2, -0.15) is 0 Å². The van der Waals surface area contributed by atoms with Gasteiger partial charge in [0, 0.05) is 0 Å². The molecule has 18 heavy (non-hydrogen) atoms. The molecular weight excluding hydrogens is 351 g/mol. The summed E-state index contributed by atoms with van der Waals surface area (Å²) in [6, 6.07) is 0. The summed E-state index contributed by atoms with van der Waals surface area (Å²) in [5, 5.41) is 0.305. The van der Waals surface area contributed by atoms with Crippen LogP contribution in [-0.4, -0.2) is 14.4 Å². The molecule has 0 heterocycles. The van der Waals surface area contributed by atoms with E-state index in [0.29, 0.717) is 11.1 Å². The first-order valence-corrected chi connectivity index (χ1v) is 11.4. The maximum absolute atomic E-state index is 6.63. The summed E-state index contributed by atoms with van der Waals surface area (Å²) in [5.41, 5.74) is 0. The van der Waals surface area contributed by atoms with Crippen molar-refractivity contribution < 1.29 is 4.43 Å². The van der Waals surface area contributed by atoms with Crippen molar-refractivity contribution in [1.82, 2.24) is 0 Å². The zero-order valence-corrected chi connectivity index (χ0v) is 15.8. The first-order chi connectivity index (χ1) is 8.28. The van der Waals surface area contributed by atoms with E-state index in [4.69, 9.17) is 4.43 Å². The molecule has 0 aromatic heterocycles. The van der Waals surface area contributed by atoms with Crippen LogP contribution >= 0.6 is 22.6 Å². The van der Waals surface area contributed by atoms with Gasteiger partial charge in [-0.15, -0.1) is 0 Å². The lowest BCUT2D eigenvalue weighted by atomic mass is 9.85. The van der Waals surface area contributed by atoms with Gasteiger partial charge >= 0.3 is 0 Å². The molecule has 1 rings (SSSR count). The third-order valence-electron chi connectivity index (χ3n) is 4.61. The van der Waals surface area contributed by atoms with Crippen molar-refractivity contribution in [2.45, 2.75) is 77.1 Å². The van der Waals surface area contributed by atoms with Crippen molar-refractivity contribution in [3.8, 4) is 0 Å². The Hall–Kier alpha value is 0.647. The Bertz CT molecular complexity index is 275. The third kappa shape index (κ3) is 4.64. The monoisotopic (exact) mass is 380 g/mol. The average molecular weight is 380 g/mol. The SMILES string of the molecule is CC(C)(C)[Si](C)(C)O[C@@H](/C=C/I)C1CCCCC1. The zero-order chi connectivity index (χ0) is 13.8. The van der Waals surface area contributed by atoms with Gasteiger partial charge in [0.2, 0.25) is 0 Å². The maximum atomic E-state index is 6.63. The van der Waals surface area contributed by atoms with E-state index < -0.39 is 8.32 Å². The van der Waals surface area contributed by atoms with E-state index in [1.807, 2.05) is 0 Å². The summed E-state index contributed by atoms with van der Waals surface area (Å²) in [7, 11) is -1.64. The fourth-order valence-electron chi connectivity index (χ4n) is 2.34. The van der Waals surface area contributed by atoms with Gasteiger partial charge in [-0.05, 0) is 41.0 Å². The number of hydrogen-bond donors (Lipinski definition) is 0. The summed E-state index contributed by atoms with van der Waals surface area (Å²) in [5.74, 6) is 0.749. The van der Waals surface area contributed by atoms with Crippen LogP contribution in [0.25, 0.3) is 0 Å². The van der Waals surface area contributed by atoms with Crippen LogP contribution in [0.4, 0.5) is 0 Å². The van der Waals surface area contributed by atoms with E-state index in [0.717, 1.165) is 5.92 Å². The minimum absolute atomic E-state index is 0.305. The van der Waals surface area contributed by atoms with Crippen LogP contribution in [0, 0.1) is 5.92 Å². The number of rotatable bonds is 4. The quantitative estimate of drug-likeness (QED) is 0.435. The molecule has 0 bridgehead atoms. The fraction of sp³-hybridized carbons (Fsp3) is 0.867. The predicted octanol–water partition coefficient (Wildman–Crippen LogP) is 5.91. The Morgan fingerprint density at radius 1 is 1.17 bits per heavy atom. The molecule has 3 heteroatoms. The van der Waals surface area contributed by atoms with Gasteiger partial charge in [0.1, 0.15) is 0 Å². The lowest BCUT2D eigenvalue weighted by molar-refractivity contribution is 0.132. The second-order valence-electron chi connectivity index (χ2n) is 7.06. The molecule has 1 aliphatic rings. The lowest BCUT2D eigenvalue weighted by Gasteiger charge is -2.41. The molecule has 106 valence electrons. The van der Waals surface area contributed by atoms with Crippen LogP contribution in [0.5, 0.6) is 0 Å². The van der Waals surface area contributed by atoms with Gasteiger partial charge in [-0.3, -0.25) is 0 Å². The molecule has 1 aliphatic carbocycles. The Balaban J connectivity index is 2.73. The molecule has 0 saturated heterocycles. The Morgan fingerprint density at radius 3 is 2.17 bits per heavy atom. The fourth-order valence-corrected chi connectivity index (χ4v) is 4.06. The molecule has 1 atom stereocenters. The number of halogens is 1. The molecule has 0 spiro atoms. The summed E-state index contributed by atoms with van der Waals surface area (Å²) >= 11 is 2.33. The molecule has 1 saturated carbocycles. The Morgan fingerprint density at radius 2 is 1.72 bits per heavy atom. The van der Waals surface area contributed by atoms with Crippen molar-refractivity contribution in [3.05, 3.63) is 10.2 Å². The van der Waals surface area contributed by atoms with Crippen LogP contribution in [0.2, 0.25) is 18.1 Å². The topological polar surface area (TPSA) is 9.23 Å². The summed E-state index contributed by atoms with van der Waals surface area (Å²) in [4.78, 5) is 0. The normalized spacial score (nSPS) is 21.4. The van der Waals surface area contributed by atoms with E-state index in [-0.39, 0.29) is 0 Å². The van der Waals surface area contributed by atoms with Crippen LogP contribution < -0.4 is 0 Å². The van der Waals surface area contributed by atoms with Gasteiger partial charge in [0.05, 0.1) is 6.10 Å². The largest absolute Gasteiger partial charge is 0.410 e. The Labute approximate surface area is 128 Å². The average Bonchev–Trinajstić information content (AvgIpc) is 2.28. The van der Waals surface area contributed by atoms with Crippen molar-refractivity contribution in [1.29, 1.82) is 0 Å². The van der Waals surface area contributed by atoms with Crippen LogP contribution in [-0.2, 0) is 4.43 Å². The molecule has 0 N–H and O–H groups in total. The lowest BCUT2D eigenvalue weighted by Crippen LogP contribution is -2.45. The van der Waals surface area contributed by atoms with Gasteiger partial charge in [-0.1, -0.05) is 68.7 Å². The summed E-state index contributed by atoms with van der Waals surface area (Å²) in [6.07, 6.45) is 9.52. The molecule has 0 radical (unpaired) electrons. The molecule has 1 fully saturated rings. The summed E-state index contributed by atoms with van der Waals surface area (Å²) < 4.78 is 8.77. The first kappa shape index (κ1) is 16.7. The van der Waals surface area contributed by atoms with E-state index in [1.165, 1.54) is 32.1 Å². The highest BCUT2D eigenvalue weighted by Gasteiger charge is 2.40. The van der Waals surface area contributed by atoms with Crippen molar-refractivity contribution in [2.24, 2.45) is 5.92 Å². The van der Waals surface area contributed by atoms with E-state index >= 15 is 0 Å². The zero-order valence-electron chi connectivity index (χ0n) is 12.6. The molecular formula is C15H29IOSi. The Kier molecular flexibility index (Phi) is 6.39. The van der Waals surface area contributed by atoms with Gasteiger partial charge in [0.25, 0.3) is 0 Å². The molecule has 0 unspecified atom stereocenters. The van der Waals surface area contributed by atoms with Crippen molar-refractivity contribution >= 4 is 30.9 Å². The standard InChI is InChI=1S/C15H29IOSi/c1-15(2,3)18(4,5)17-14(11-12-16)13-9-7-6-8-10-13/h11-14H,6-10H2,1-5H3/b12-11+/t14-/m0/s1. The van der Waals surface area contributed by atoms with Crippen molar-refractivity contribution in [2.75, 3.05) is 0 Å². The highest BCUT2D eigenvalue weighted by Crippen LogP contribution is 2.40. The second kappa shape index (κ2) is 6.89. The molecule has 0 aliphatic heterocycles.